The normalized spacial score (nSPS) is 17.2. The van der Waals surface area contributed by atoms with Crippen molar-refractivity contribution in [1.82, 2.24) is 9.97 Å². The standard InChI is InChI=1S/C13H21N3O/c1-4-13(2,3)11-9-14-12(15-10-11)16-5-7-17-8-6-16/h9-10H,4-8H2,1-3H3. The van der Waals surface area contributed by atoms with Crippen molar-refractivity contribution in [1.29, 1.82) is 0 Å². The van der Waals surface area contributed by atoms with Crippen LogP contribution in [0.1, 0.15) is 32.8 Å². The molecular weight excluding hydrogens is 214 g/mol. The van der Waals surface area contributed by atoms with Gasteiger partial charge in [-0.3, -0.25) is 0 Å². The lowest BCUT2D eigenvalue weighted by molar-refractivity contribution is 0.122. The topological polar surface area (TPSA) is 38.2 Å². The van der Waals surface area contributed by atoms with Gasteiger partial charge in [0.05, 0.1) is 13.2 Å². The van der Waals surface area contributed by atoms with E-state index in [1.165, 1.54) is 5.56 Å². The SMILES string of the molecule is CCC(C)(C)c1cnc(N2CCOCC2)nc1. The molecule has 0 aromatic carbocycles. The highest BCUT2D eigenvalue weighted by atomic mass is 16.5. The third kappa shape index (κ3) is 2.75. The van der Waals surface area contributed by atoms with Crippen molar-refractivity contribution in [3.63, 3.8) is 0 Å². The molecule has 0 bridgehead atoms. The molecular formula is C13H21N3O. The average Bonchev–Trinajstić information content (AvgIpc) is 2.40. The summed E-state index contributed by atoms with van der Waals surface area (Å²) in [6, 6.07) is 0. The molecule has 0 radical (unpaired) electrons. The van der Waals surface area contributed by atoms with E-state index in [0.717, 1.165) is 38.7 Å². The second-order valence-electron chi connectivity index (χ2n) is 5.11. The molecule has 0 atom stereocenters. The third-order valence-electron chi connectivity index (χ3n) is 3.60. The maximum atomic E-state index is 5.32. The van der Waals surface area contributed by atoms with E-state index in [-0.39, 0.29) is 5.41 Å². The minimum atomic E-state index is 0.156. The number of morpholine rings is 1. The smallest absolute Gasteiger partial charge is 0.225 e. The molecule has 0 aliphatic carbocycles. The molecule has 0 unspecified atom stereocenters. The van der Waals surface area contributed by atoms with Gasteiger partial charge in [-0.05, 0) is 17.4 Å². The Morgan fingerprint density at radius 2 is 1.82 bits per heavy atom. The molecule has 1 fully saturated rings. The highest BCUT2D eigenvalue weighted by Gasteiger charge is 2.20. The Balaban J connectivity index is 2.12. The maximum Gasteiger partial charge on any atom is 0.225 e. The van der Waals surface area contributed by atoms with Crippen molar-refractivity contribution < 1.29 is 4.74 Å². The molecule has 1 aromatic heterocycles. The predicted octanol–water partition coefficient (Wildman–Crippen LogP) is 2.00. The van der Waals surface area contributed by atoms with Gasteiger partial charge in [0, 0.05) is 25.5 Å². The van der Waals surface area contributed by atoms with Crippen LogP contribution in [0.5, 0.6) is 0 Å². The van der Waals surface area contributed by atoms with E-state index in [4.69, 9.17) is 4.74 Å². The summed E-state index contributed by atoms with van der Waals surface area (Å²) >= 11 is 0. The van der Waals surface area contributed by atoms with Crippen LogP contribution < -0.4 is 4.90 Å². The lowest BCUT2D eigenvalue weighted by Crippen LogP contribution is -2.37. The van der Waals surface area contributed by atoms with Gasteiger partial charge in [-0.1, -0.05) is 20.8 Å². The first-order valence-electron chi connectivity index (χ1n) is 6.29. The zero-order chi connectivity index (χ0) is 12.3. The number of rotatable bonds is 3. The van der Waals surface area contributed by atoms with Crippen LogP contribution in [-0.4, -0.2) is 36.3 Å². The van der Waals surface area contributed by atoms with Crippen LogP contribution in [0.2, 0.25) is 0 Å². The molecule has 4 heteroatoms. The van der Waals surface area contributed by atoms with Crippen molar-refractivity contribution in [3.8, 4) is 0 Å². The summed E-state index contributed by atoms with van der Waals surface area (Å²) in [4.78, 5) is 11.1. The fraction of sp³-hybridized carbons (Fsp3) is 0.692. The Kier molecular flexibility index (Phi) is 3.62. The van der Waals surface area contributed by atoms with Crippen LogP contribution in [0, 0.1) is 0 Å². The number of hydrogen-bond acceptors (Lipinski definition) is 4. The van der Waals surface area contributed by atoms with Gasteiger partial charge >= 0.3 is 0 Å². The molecule has 4 nitrogen and oxygen atoms in total. The molecule has 0 saturated carbocycles. The van der Waals surface area contributed by atoms with Gasteiger partial charge in [0.15, 0.2) is 0 Å². The van der Waals surface area contributed by atoms with Gasteiger partial charge < -0.3 is 9.64 Å². The number of ether oxygens (including phenoxy) is 1. The van der Waals surface area contributed by atoms with E-state index >= 15 is 0 Å². The van der Waals surface area contributed by atoms with Crippen LogP contribution in [-0.2, 0) is 10.2 Å². The molecule has 1 aliphatic rings. The first-order chi connectivity index (χ1) is 8.13. The molecule has 0 amide bonds. The Labute approximate surface area is 103 Å². The zero-order valence-corrected chi connectivity index (χ0v) is 10.9. The second-order valence-corrected chi connectivity index (χ2v) is 5.11. The monoisotopic (exact) mass is 235 g/mol. The van der Waals surface area contributed by atoms with Gasteiger partial charge in [0.1, 0.15) is 0 Å². The summed E-state index contributed by atoms with van der Waals surface area (Å²) < 4.78 is 5.32. The number of nitrogens with zero attached hydrogens (tertiary/aromatic N) is 3. The lowest BCUT2D eigenvalue weighted by Gasteiger charge is -2.28. The Morgan fingerprint density at radius 1 is 1.24 bits per heavy atom. The minimum Gasteiger partial charge on any atom is -0.378 e. The molecule has 1 aliphatic heterocycles. The second kappa shape index (κ2) is 5.00. The number of hydrogen-bond donors (Lipinski definition) is 0. The van der Waals surface area contributed by atoms with E-state index < -0.39 is 0 Å². The van der Waals surface area contributed by atoms with Gasteiger partial charge in [-0.2, -0.15) is 0 Å². The number of anilines is 1. The highest BCUT2D eigenvalue weighted by Crippen LogP contribution is 2.25. The quantitative estimate of drug-likeness (QED) is 0.803. The van der Waals surface area contributed by atoms with Crippen molar-refractivity contribution in [2.75, 3.05) is 31.2 Å². The Morgan fingerprint density at radius 3 is 2.35 bits per heavy atom. The average molecular weight is 235 g/mol. The van der Waals surface area contributed by atoms with Crippen molar-refractivity contribution >= 4 is 5.95 Å². The molecule has 1 saturated heterocycles. The first kappa shape index (κ1) is 12.3. The fourth-order valence-electron chi connectivity index (χ4n) is 1.80. The van der Waals surface area contributed by atoms with Crippen LogP contribution in [0.3, 0.4) is 0 Å². The molecule has 2 heterocycles. The minimum absolute atomic E-state index is 0.156. The van der Waals surface area contributed by atoms with E-state index in [1.54, 1.807) is 0 Å². The van der Waals surface area contributed by atoms with Crippen molar-refractivity contribution in [2.45, 2.75) is 32.6 Å². The molecule has 0 N–H and O–H groups in total. The van der Waals surface area contributed by atoms with Gasteiger partial charge in [-0.25, -0.2) is 9.97 Å². The molecule has 94 valence electrons. The molecule has 1 aromatic rings. The molecule has 17 heavy (non-hydrogen) atoms. The van der Waals surface area contributed by atoms with Crippen LogP contribution in [0.4, 0.5) is 5.95 Å². The lowest BCUT2D eigenvalue weighted by atomic mass is 9.84. The van der Waals surface area contributed by atoms with Crippen molar-refractivity contribution in [2.24, 2.45) is 0 Å². The van der Waals surface area contributed by atoms with Gasteiger partial charge in [-0.15, -0.1) is 0 Å². The van der Waals surface area contributed by atoms with E-state index in [9.17, 15) is 0 Å². The van der Waals surface area contributed by atoms with E-state index in [2.05, 4.69) is 35.6 Å². The summed E-state index contributed by atoms with van der Waals surface area (Å²) in [7, 11) is 0. The Bertz CT molecular complexity index is 355. The molecule has 0 spiro atoms. The zero-order valence-electron chi connectivity index (χ0n) is 10.9. The van der Waals surface area contributed by atoms with Crippen LogP contribution in [0.25, 0.3) is 0 Å². The summed E-state index contributed by atoms with van der Waals surface area (Å²) in [6.45, 7) is 9.94. The fourth-order valence-corrected chi connectivity index (χ4v) is 1.80. The summed E-state index contributed by atoms with van der Waals surface area (Å²) in [5.74, 6) is 0.823. The summed E-state index contributed by atoms with van der Waals surface area (Å²) in [5, 5.41) is 0. The first-order valence-corrected chi connectivity index (χ1v) is 6.29. The molecule has 2 rings (SSSR count). The van der Waals surface area contributed by atoms with Gasteiger partial charge in [0.2, 0.25) is 5.95 Å². The largest absolute Gasteiger partial charge is 0.378 e. The summed E-state index contributed by atoms with van der Waals surface area (Å²) in [6.07, 6.45) is 5.01. The third-order valence-corrected chi connectivity index (χ3v) is 3.60. The van der Waals surface area contributed by atoms with Crippen molar-refractivity contribution in [3.05, 3.63) is 18.0 Å². The van der Waals surface area contributed by atoms with E-state index in [1.807, 2.05) is 12.4 Å². The highest BCUT2D eigenvalue weighted by molar-refractivity contribution is 5.31. The number of aromatic nitrogens is 2. The van der Waals surface area contributed by atoms with Crippen LogP contribution >= 0.6 is 0 Å². The predicted molar refractivity (Wildman–Crippen MR) is 68.4 cm³/mol. The van der Waals surface area contributed by atoms with E-state index in [0.29, 0.717) is 0 Å². The summed E-state index contributed by atoms with van der Waals surface area (Å²) in [5.41, 5.74) is 1.36. The van der Waals surface area contributed by atoms with Gasteiger partial charge in [0.25, 0.3) is 0 Å². The Hall–Kier alpha value is -1.16. The van der Waals surface area contributed by atoms with Crippen LogP contribution in [0.15, 0.2) is 12.4 Å². The maximum absolute atomic E-state index is 5.32.